The summed E-state index contributed by atoms with van der Waals surface area (Å²) >= 11 is 0. The molecule has 1 atom stereocenters. The molecule has 3 rings (SSSR count). The van der Waals surface area contributed by atoms with Gasteiger partial charge in [-0.05, 0) is 24.6 Å². The van der Waals surface area contributed by atoms with Crippen LogP contribution in [-0.4, -0.2) is 41.4 Å². The molecule has 2 aromatic rings. The molecule has 0 saturated carbocycles. The van der Waals surface area contributed by atoms with Crippen LogP contribution in [0.1, 0.15) is 29.3 Å². The normalized spacial score (nSPS) is 17.2. The first-order valence-electron chi connectivity index (χ1n) is 8.00. The Bertz CT molecular complexity index is 708. The van der Waals surface area contributed by atoms with Crippen LogP contribution in [0.5, 0.6) is 0 Å². The van der Waals surface area contributed by atoms with E-state index in [1.807, 2.05) is 43.3 Å². The molecule has 0 bridgehead atoms. The zero-order chi connectivity index (χ0) is 16.9. The molecule has 0 aliphatic carbocycles. The number of amides is 1. The number of carbonyl (C=O) groups is 1. The third-order valence-electron chi connectivity index (χ3n) is 3.99. The van der Waals surface area contributed by atoms with Crippen LogP contribution in [0.3, 0.4) is 0 Å². The summed E-state index contributed by atoms with van der Waals surface area (Å²) in [6, 6.07) is 11.5. The quantitative estimate of drug-likeness (QED) is 0.794. The molecular weight excluding hydrogens is 306 g/mol. The Kier molecular flexibility index (Phi) is 5.08. The topological polar surface area (TPSA) is 78.1 Å². The molecule has 0 unspecified atom stereocenters. The van der Waals surface area contributed by atoms with E-state index in [0.29, 0.717) is 13.0 Å². The minimum absolute atomic E-state index is 0.00717. The number of carbonyl (C=O) groups excluding carboxylic acids is 1. The Morgan fingerprint density at radius 3 is 2.83 bits per heavy atom. The van der Waals surface area contributed by atoms with Crippen LogP contribution < -0.4 is 5.32 Å². The van der Waals surface area contributed by atoms with Gasteiger partial charge in [0.2, 0.25) is 0 Å². The number of aliphatic hydroxyl groups is 1. The maximum absolute atomic E-state index is 12.5. The van der Waals surface area contributed by atoms with E-state index in [-0.39, 0.29) is 25.1 Å². The van der Waals surface area contributed by atoms with E-state index in [1.54, 1.807) is 6.26 Å². The van der Waals surface area contributed by atoms with E-state index in [1.165, 1.54) is 10.6 Å². The van der Waals surface area contributed by atoms with Crippen molar-refractivity contribution in [3.05, 3.63) is 59.5 Å². The first-order valence-corrected chi connectivity index (χ1v) is 8.00. The summed E-state index contributed by atoms with van der Waals surface area (Å²) in [5.74, 6) is 0.573. The molecule has 2 heterocycles. The highest BCUT2D eigenvalue weighted by Crippen LogP contribution is 2.32. The van der Waals surface area contributed by atoms with Crippen molar-refractivity contribution in [3.8, 4) is 0 Å². The molecule has 2 N–H and O–H groups in total. The lowest BCUT2D eigenvalue weighted by molar-refractivity contribution is -0.132. The van der Waals surface area contributed by atoms with Gasteiger partial charge in [-0.3, -0.25) is 4.79 Å². The minimum Gasteiger partial charge on any atom is -0.467 e. The highest BCUT2D eigenvalue weighted by Gasteiger charge is 2.34. The Morgan fingerprint density at radius 2 is 2.17 bits per heavy atom. The van der Waals surface area contributed by atoms with Gasteiger partial charge in [-0.2, -0.15) is 5.10 Å². The largest absolute Gasteiger partial charge is 0.467 e. The average Bonchev–Trinajstić information content (AvgIpc) is 3.25. The number of aryl methyl sites for hydroxylation is 1. The Morgan fingerprint density at radius 1 is 1.38 bits per heavy atom. The standard InChI is InChI=1S/C18H21N3O3/c1-13-4-6-14(7-5-13)15-11-16(17-3-2-10-24-17)21(20-15)18(23)12-19-8-9-22/h2-7,10,16,19,22H,8-9,11-12H2,1H3/t16-/m1/s1. The van der Waals surface area contributed by atoms with Crippen LogP contribution in [0, 0.1) is 6.92 Å². The van der Waals surface area contributed by atoms with E-state index in [9.17, 15) is 4.79 Å². The maximum atomic E-state index is 12.5. The summed E-state index contributed by atoms with van der Waals surface area (Å²) in [6.45, 7) is 2.53. The van der Waals surface area contributed by atoms with Crippen LogP contribution in [0.25, 0.3) is 0 Å². The third-order valence-corrected chi connectivity index (χ3v) is 3.99. The first kappa shape index (κ1) is 16.4. The summed E-state index contributed by atoms with van der Waals surface area (Å²) in [7, 11) is 0. The molecule has 1 aliphatic heterocycles. The zero-order valence-electron chi connectivity index (χ0n) is 13.6. The molecule has 1 aromatic carbocycles. The fourth-order valence-electron chi connectivity index (χ4n) is 2.72. The van der Waals surface area contributed by atoms with Crippen molar-refractivity contribution in [3.63, 3.8) is 0 Å². The van der Waals surface area contributed by atoms with Crippen LogP contribution in [0.2, 0.25) is 0 Å². The second kappa shape index (κ2) is 7.42. The van der Waals surface area contributed by atoms with Crippen molar-refractivity contribution in [1.82, 2.24) is 10.3 Å². The lowest BCUT2D eigenvalue weighted by Crippen LogP contribution is -2.36. The number of benzene rings is 1. The second-order valence-corrected chi connectivity index (χ2v) is 5.79. The summed E-state index contributed by atoms with van der Waals surface area (Å²) in [6.07, 6.45) is 2.22. The van der Waals surface area contributed by atoms with E-state index in [0.717, 1.165) is 17.0 Å². The van der Waals surface area contributed by atoms with Gasteiger partial charge >= 0.3 is 0 Å². The number of rotatable bonds is 6. The average molecular weight is 327 g/mol. The summed E-state index contributed by atoms with van der Waals surface area (Å²) in [5, 5.41) is 17.8. The van der Waals surface area contributed by atoms with Gasteiger partial charge in [0.15, 0.2) is 0 Å². The van der Waals surface area contributed by atoms with Crippen molar-refractivity contribution in [2.45, 2.75) is 19.4 Å². The number of hydrogen-bond donors (Lipinski definition) is 2. The molecule has 0 spiro atoms. The summed E-state index contributed by atoms with van der Waals surface area (Å²) < 4.78 is 5.50. The number of aliphatic hydroxyl groups excluding tert-OH is 1. The molecular formula is C18H21N3O3. The molecule has 6 nitrogen and oxygen atoms in total. The number of nitrogens with zero attached hydrogens (tertiary/aromatic N) is 2. The van der Waals surface area contributed by atoms with Crippen LogP contribution in [-0.2, 0) is 4.79 Å². The van der Waals surface area contributed by atoms with Gasteiger partial charge < -0.3 is 14.8 Å². The molecule has 6 heteroatoms. The molecule has 0 fully saturated rings. The SMILES string of the molecule is Cc1ccc(C2=NN(C(=O)CNCCO)[C@@H](c3ccco3)C2)cc1. The van der Waals surface area contributed by atoms with E-state index in [2.05, 4.69) is 10.4 Å². The monoisotopic (exact) mass is 327 g/mol. The molecule has 1 aromatic heterocycles. The fraction of sp³-hybridized carbons (Fsp3) is 0.333. The van der Waals surface area contributed by atoms with Gasteiger partial charge in [0, 0.05) is 13.0 Å². The van der Waals surface area contributed by atoms with E-state index in [4.69, 9.17) is 9.52 Å². The van der Waals surface area contributed by atoms with Crippen molar-refractivity contribution >= 4 is 11.6 Å². The number of furan rings is 1. The van der Waals surface area contributed by atoms with Crippen LogP contribution in [0.15, 0.2) is 52.2 Å². The Balaban J connectivity index is 1.82. The lowest BCUT2D eigenvalue weighted by Gasteiger charge is -2.19. The Labute approximate surface area is 140 Å². The van der Waals surface area contributed by atoms with E-state index < -0.39 is 0 Å². The fourth-order valence-corrected chi connectivity index (χ4v) is 2.72. The van der Waals surface area contributed by atoms with E-state index >= 15 is 0 Å². The van der Waals surface area contributed by atoms with Gasteiger partial charge in [0.05, 0.1) is 25.1 Å². The smallest absolute Gasteiger partial charge is 0.257 e. The van der Waals surface area contributed by atoms with Crippen LogP contribution in [0.4, 0.5) is 0 Å². The van der Waals surface area contributed by atoms with Crippen molar-refractivity contribution < 1.29 is 14.3 Å². The van der Waals surface area contributed by atoms with Gasteiger partial charge in [0.25, 0.3) is 5.91 Å². The molecule has 126 valence electrons. The summed E-state index contributed by atoms with van der Waals surface area (Å²) in [5.41, 5.74) is 3.06. The van der Waals surface area contributed by atoms with Crippen molar-refractivity contribution in [2.24, 2.45) is 5.10 Å². The number of hydrazone groups is 1. The van der Waals surface area contributed by atoms with Gasteiger partial charge in [-0.15, -0.1) is 0 Å². The zero-order valence-corrected chi connectivity index (χ0v) is 13.6. The predicted octanol–water partition coefficient (Wildman–Crippen LogP) is 1.85. The highest BCUT2D eigenvalue weighted by molar-refractivity contribution is 6.03. The van der Waals surface area contributed by atoms with Crippen molar-refractivity contribution in [2.75, 3.05) is 19.7 Å². The number of hydrogen-bond acceptors (Lipinski definition) is 5. The molecule has 1 amide bonds. The maximum Gasteiger partial charge on any atom is 0.257 e. The molecule has 0 radical (unpaired) electrons. The third kappa shape index (κ3) is 3.55. The molecule has 0 saturated heterocycles. The van der Waals surface area contributed by atoms with Gasteiger partial charge in [-0.25, -0.2) is 5.01 Å². The van der Waals surface area contributed by atoms with Gasteiger partial charge in [0.1, 0.15) is 11.8 Å². The molecule has 24 heavy (non-hydrogen) atoms. The number of nitrogens with one attached hydrogen (secondary N) is 1. The van der Waals surface area contributed by atoms with Gasteiger partial charge in [-0.1, -0.05) is 29.8 Å². The Hall–Kier alpha value is -2.44. The van der Waals surface area contributed by atoms with Crippen LogP contribution >= 0.6 is 0 Å². The minimum atomic E-state index is -0.236. The second-order valence-electron chi connectivity index (χ2n) is 5.79. The first-order chi connectivity index (χ1) is 11.7. The van der Waals surface area contributed by atoms with Crippen molar-refractivity contribution in [1.29, 1.82) is 0 Å². The predicted molar refractivity (Wildman–Crippen MR) is 90.6 cm³/mol. The highest BCUT2D eigenvalue weighted by atomic mass is 16.3. The lowest BCUT2D eigenvalue weighted by atomic mass is 10.0. The summed E-state index contributed by atoms with van der Waals surface area (Å²) in [4.78, 5) is 12.5. The molecule has 1 aliphatic rings.